The van der Waals surface area contributed by atoms with Crippen molar-refractivity contribution in [1.82, 2.24) is 0 Å². The minimum absolute atomic E-state index is 0.0441. The highest BCUT2D eigenvalue weighted by atomic mass is 16.6. The fourth-order valence-electron chi connectivity index (χ4n) is 1.95. The van der Waals surface area contributed by atoms with E-state index in [1.54, 1.807) is 12.1 Å². The summed E-state index contributed by atoms with van der Waals surface area (Å²) >= 11 is 0. The van der Waals surface area contributed by atoms with E-state index in [0.29, 0.717) is 11.8 Å². The van der Waals surface area contributed by atoms with Crippen molar-refractivity contribution in [3.8, 4) is 5.75 Å². The minimum Gasteiger partial charge on any atom is -0.496 e. The standard InChI is InChI=1S/C14H22N2O3/c1-4-5-6-7-11(2)15-12-8-13(16(17)18)10-14(9-12)19-3/h8-11,15H,4-7H2,1-3H3. The maximum atomic E-state index is 10.8. The molecule has 5 nitrogen and oxygen atoms in total. The lowest BCUT2D eigenvalue weighted by molar-refractivity contribution is -0.384. The van der Waals surface area contributed by atoms with Crippen molar-refractivity contribution in [1.29, 1.82) is 0 Å². The number of ether oxygens (including phenoxy) is 1. The van der Waals surface area contributed by atoms with Gasteiger partial charge in [0.25, 0.3) is 5.69 Å². The normalized spacial score (nSPS) is 11.9. The van der Waals surface area contributed by atoms with Crippen molar-refractivity contribution < 1.29 is 9.66 Å². The van der Waals surface area contributed by atoms with Crippen LogP contribution in [0.4, 0.5) is 11.4 Å². The second kappa shape index (κ2) is 7.61. The topological polar surface area (TPSA) is 64.4 Å². The maximum absolute atomic E-state index is 10.8. The first kappa shape index (κ1) is 15.3. The number of hydrogen-bond donors (Lipinski definition) is 1. The van der Waals surface area contributed by atoms with Crippen LogP contribution in [0.5, 0.6) is 5.75 Å². The maximum Gasteiger partial charge on any atom is 0.275 e. The van der Waals surface area contributed by atoms with Gasteiger partial charge in [0.1, 0.15) is 5.75 Å². The van der Waals surface area contributed by atoms with E-state index in [9.17, 15) is 10.1 Å². The lowest BCUT2D eigenvalue weighted by Crippen LogP contribution is -2.15. The van der Waals surface area contributed by atoms with Gasteiger partial charge in [0.05, 0.1) is 18.1 Å². The first-order valence-corrected chi connectivity index (χ1v) is 6.66. The highest BCUT2D eigenvalue weighted by Crippen LogP contribution is 2.26. The number of anilines is 1. The third kappa shape index (κ3) is 5.16. The molecule has 1 atom stereocenters. The predicted octanol–water partition coefficient (Wildman–Crippen LogP) is 3.98. The van der Waals surface area contributed by atoms with Gasteiger partial charge in [-0.2, -0.15) is 0 Å². The van der Waals surface area contributed by atoms with Crippen LogP contribution in [0.15, 0.2) is 18.2 Å². The van der Waals surface area contributed by atoms with E-state index in [1.165, 1.54) is 26.0 Å². The molecule has 0 aliphatic heterocycles. The zero-order chi connectivity index (χ0) is 14.3. The van der Waals surface area contributed by atoms with E-state index >= 15 is 0 Å². The first-order valence-electron chi connectivity index (χ1n) is 6.66. The SMILES string of the molecule is CCCCCC(C)Nc1cc(OC)cc([N+](=O)[O-])c1. The fraction of sp³-hybridized carbons (Fsp3) is 0.571. The molecule has 19 heavy (non-hydrogen) atoms. The predicted molar refractivity (Wildman–Crippen MR) is 76.9 cm³/mol. The number of unbranched alkanes of at least 4 members (excludes halogenated alkanes) is 2. The summed E-state index contributed by atoms with van der Waals surface area (Å²) in [7, 11) is 1.51. The van der Waals surface area contributed by atoms with Crippen LogP contribution < -0.4 is 10.1 Å². The summed E-state index contributed by atoms with van der Waals surface area (Å²) in [6.45, 7) is 4.25. The molecule has 0 heterocycles. The van der Waals surface area contributed by atoms with Gasteiger partial charge < -0.3 is 10.1 Å². The zero-order valence-electron chi connectivity index (χ0n) is 11.8. The highest BCUT2D eigenvalue weighted by Gasteiger charge is 2.11. The summed E-state index contributed by atoms with van der Waals surface area (Å²) in [5.74, 6) is 0.498. The van der Waals surface area contributed by atoms with Gasteiger partial charge in [-0.3, -0.25) is 10.1 Å². The van der Waals surface area contributed by atoms with Crippen molar-refractivity contribution in [2.75, 3.05) is 12.4 Å². The molecule has 0 bridgehead atoms. The molecule has 1 aromatic rings. The molecule has 0 amide bonds. The van der Waals surface area contributed by atoms with Gasteiger partial charge in [-0.05, 0) is 13.3 Å². The molecule has 106 valence electrons. The van der Waals surface area contributed by atoms with E-state index in [-0.39, 0.29) is 5.69 Å². The van der Waals surface area contributed by atoms with Crippen LogP contribution in [0, 0.1) is 10.1 Å². The molecule has 1 unspecified atom stereocenters. The van der Waals surface area contributed by atoms with E-state index in [2.05, 4.69) is 19.2 Å². The smallest absolute Gasteiger partial charge is 0.275 e. The van der Waals surface area contributed by atoms with Crippen molar-refractivity contribution >= 4 is 11.4 Å². The summed E-state index contributed by atoms with van der Waals surface area (Å²) in [4.78, 5) is 10.4. The molecule has 5 heteroatoms. The Morgan fingerprint density at radius 2 is 2.11 bits per heavy atom. The fourth-order valence-corrected chi connectivity index (χ4v) is 1.95. The Hall–Kier alpha value is -1.78. The molecule has 0 saturated carbocycles. The molecular formula is C14H22N2O3. The quantitative estimate of drug-likeness (QED) is 0.439. The summed E-state index contributed by atoms with van der Waals surface area (Å²) in [6, 6.07) is 5.04. The molecule has 0 fully saturated rings. The number of non-ortho nitro benzene ring substituents is 1. The van der Waals surface area contributed by atoms with E-state index in [4.69, 9.17) is 4.74 Å². The third-order valence-corrected chi connectivity index (χ3v) is 2.99. The number of nitrogens with one attached hydrogen (secondary N) is 1. The minimum atomic E-state index is -0.407. The molecule has 0 aliphatic rings. The van der Waals surface area contributed by atoms with Gasteiger partial charge in [-0.1, -0.05) is 26.2 Å². The Balaban J connectivity index is 2.71. The third-order valence-electron chi connectivity index (χ3n) is 2.99. The number of rotatable bonds is 8. The van der Waals surface area contributed by atoms with Gasteiger partial charge in [0.15, 0.2) is 0 Å². The molecular weight excluding hydrogens is 244 g/mol. The van der Waals surface area contributed by atoms with Gasteiger partial charge in [0, 0.05) is 23.9 Å². The van der Waals surface area contributed by atoms with Gasteiger partial charge >= 0.3 is 0 Å². The highest BCUT2D eigenvalue weighted by molar-refractivity contribution is 5.56. The van der Waals surface area contributed by atoms with Crippen molar-refractivity contribution in [3.63, 3.8) is 0 Å². The number of benzene rings is 1. The van der Waals surface area contributed by atoms with Crippen LogP contribution in [-0.2, 0) is 0 Å². The van der Waals surface area contributed by atoms with E-state index in [1.807, 2.05) is 0 Å². The summed E-state index contributed by atoms with van der Waals surface area (Å²) in [5, 5.41) is 14.1. The second-order valence-corrected chi connectivity index (χ2v) is 4.72. The molecule has 1 aromatic carbocycles. The Morgan fingerprint density at radius 1 is 1.37 bits per heavy atom. The average molecular weight is 266 g/mol. The molecule has 1 N–H and O–H groups in total. The molecule has 0 aliphatic carbocycles. The van der Waals surface area contributed by atoms with Gasteiger partial charge in [-0.25, -0.2) is 0 Å². The van der Waals surface area contributed by atoms with Gasteiger partial charge in [0.2, 0.25) is 0 Å². The number of methoxy groups -OCH3 is 1. The lowest BCUT2D eigenvalue weighted by atomic mass is 10.1. The number of nitrogens with zero attached hydrogens (tertiary/aromatic N) is 1. The largest absolute Gasteiger partial charge is 0.496 e. The average Bonchev–Trinajstić information content (AvgIpc) is 2.38. The molecule has 0 radical (unpaired) electrons. The van der Waals surface area contributed by atoms with E-state index in [0.717, 1.165) is 18.5 Å². The number of nitro benzene ring substituents is 1. The molecule has 1 rings (SSSR count). The Bertz CT molecular complexity index is 421. The number of hydrogen-bond acceptors (Lipinski definition) is 4. The van der Waals surface area contributed by atoms with Crippen LogP contribution in [0.3, 0.4) is 0 Å². The Kier molecular flexibility index (Phi) is 6.12. The van der Waals surface area contributed by atoms with Crippen LogP contribution in [0.25, 0.3) is 0 Å². The molecule has 0 spiro atoms. The molecule has 0 saturated heterocycles. The van der Waals surface area contributed by atoms with E-state index < -0.39 is 4.92 Å². The summed E-state index contributed by atoms with van der Waals surface area (Å²) in [5.41, 5.74) is 0.776. The van der Waals surface area contributed by atoms with Gasteiger partial charge in [-0.15, -0.1) is 0 Å². The summed E-state index contributed by atoms with van der Waals surface area (Å²) in [6.07, 6.45) is 4.62. The molecule has 0 aromatic heterocycles. The van der Waals surface area contributed by atoms with Crippen LogP contribution in [-0.4, -0.2) is 18.1 Å². The van der Waals surface area contributed by atoms with Crippen molar-refractivity contribution in [3.05, 3.63) is 28.3 Å². The van der Waals surface area contributed by atoms with Crippen LogP contribution >= 0.6 is 0 Å². The Labute approximate surface area is 114 Å². The monoisotopic (exact) mass is 266 g/mol. The Morgan fingerprint density at radius 3 is 2.68 bits per heavy atom. The summed E-state index contributed by atoms with van der Waals surface area (Å²) < 4.78 is 5.08. The van der Waals surface area contributed by atoms with Crippen molar-refractivity contribution in [2.45, 2.75) is 45.6 Å². The lowest BCUT2D eigenvalue weighted by Gasteiger charge is -2.15. The van der Waals surface area contributed by atoms with Crippen molar-refractivity contribution in [2.24, 2.45) is 0 Å². The second-order valence-electron chi connectivity index (χ2n) is 4.72. The van der Waals surface area contributed by atoms with Crippen LogP contribution in [0.2, 0.25) is 0 Å². The van der Waals surface area contributed by atoms with Crippen LogP contribution in [0.1, 0.15) is 39.5 Å². The number of nitro groups is 1. The first-order chi connectivity index (χ1) is 9.06. The zero-order valence-corrected chi connectivity index (χ0v) is 11.8.